The van der Waals surface area contributed by atoms with Crippen LogP contribution >= 0.6 is 0 Å². The third-order valence-electron chi connectivity index (χ3n) is 0.289. The molecule has 0 amide bonds. The van der Waals surface area contributed by atoms with E-state index in [0.717, 1.165) is 0 Å². The van der Waals surface area contributed by atoms with Crippen LogP contribution in [0.4, 0.5) is 0 Å². The second kappa shape index (κ2) is 16.2. The van der Waals surface area contributed by atoms with Gasteiger partial charge in [0.2, 0.25) is 0 Å². The van der Waals surface area contributed by atoms with Gasteiger partial charge in [0, 0.05) is 5.97 Å². The number of carboxylic acids is 1. The molecule has 0 aliphatic carbocycles. The molecule has 6 N–H and O–H groups in total. The van der Waals surface area contributed by atoms with E-state index in [1.165, 1.54) is 6.92 Å². The molecule has 8 heavy (non-hydrogen) atoms. The molecular formula is C3H11O5-. The van der Waals surface area contributed by atoms with Gasteiger partial charge in [0.05, 0.1) is 0 Å². The Balaban J connectivity index is -0.0000000267. The van der Waals surface area contributed by atoms with E-state index in [1.54, 1.807) is 0 Å². The molecule has 0 saturated heterocycles. The van der Waals surface area contributed by atoms with Gasteiger partial charge in [-0.2, -0.15) is 0 Å². The minimum absolute atomic E-state index is 0. The molecule has 0 spiro atoms. The van der Waals surface area contributed by atoms with Crippen molar-refractivity contribution in [1.29, 1.82) is 0 Å². The minimum Gasteiger partial charge on any atom is -0.550 e. The Labute approximate surface area is 46.9 Å². The van der Waals surface area contributed by atoms with E-state index in [4.69, 9.17) is 0 Å². The molecule has 5 heteroatoms. The molecule has 54 valence electrons. The van der Waals surface area contributed by atoms with E-state index >= 15 is 0 Å². The Hall–Kier alpha value is -0.650. The summed E-state index contributed by atoms with van der Waals surface area (Å²) in [5.41, 5.74) is 0. The number of carbonyl (C=O) groups is 1. The van der Waals surface area contributed by atoms with Gasteiger partial charge in [-0.1, -0.05) is 6.92 Å². The summed E-state index contributed by atoms with van der Waals surface area (Å²) in [6.45, 7) is 1.54. The van der Waals surface area contributed by atoms with E-state index in [9.17, 15) is 9.90 Å². The number of aliphatic carboxylic acids is 1. The van der Waals surface area contributed by atoms with Crippen molar-refractivity contribution in [2.75, 3.05) is 0 Å². The standard InChI is InChI=1S/C3H6O2.3H2O/c1-2-3(4)5;;;/h2H2,1H3,(H,4,5);3*1H2/p-1. The molecular weight excluding hydrogens is 116 g/mol. The number of rotatable bonds is 1. The average molecular weight is 127 g/mol. The first kappa shape index (κ1) is 26.4. The first-order chi connectivity index (χ1) is 2.27. The lowest BCUT2D eigenvalue weighted by atomic mass is 10.5. The zero-order valence-electron chi connectivity index (χ0n) is 4.52. The van der Waals surface area contributed by atoms with Crippen molar-refractivity contribution in [3.8, 4) is 0 Å². The maximum absolute atomic E-state index is 9.26. The van der Waals surface area contributed by atoms with E-state index in [2.05, 4.69) is 0 Å². The molecule has 0 atom stereocenters. The van der Waals surface area contributed by atoms with Crippen LogP contribution in [0.15, 0.2) is 0 Å². The smallest absolute Gasteiger partial charge is 0.0411 e. The van der Waals surface area contributed by atoms with Gasteiger partial charge in [0.25, 0.3) is 0 Å². The molecule has 0 unspecified atom stereocenters. The van der Waals surface area contributed by atoms with Crippen molar-refractivity contribution in [1.82, 2.24) is 0 Å². The van der Waals surface area contributed by atoms with Crippen molar-refractivity contribution >= 4 is 5.97 Å². The van der Waals surface area contributed by atoms with Gasteiger partial charge >= 0.3 is 0 Å². The van der Waals surface area contributed by atoms with Crippen molar-refractivity contribution < 1.29 is 26.3 Å². The molecule has 0 aromatic carbocycles. The first-order valence-electron chi connectivity index (χ1n) is 1.47. The van der Waals surface area contributed by atoms with Crippen molar-refractivity contribution in [2.24, 2.45) is 0 Å². The zero-order chi connectivity index (χ0) is 4.28. The second-order valence-electron chi connectivity index (χ2n) is 0.726. The summed E-state index contributed by atoms with van der Waals surface area (Å²) in [6, 6.07) is 0. The molecule has 0 aromatic rings. The Bertz CT molecular complexity index is 42.9. The predicted octanol–water partition coefficient (Wildman–Crippen LogP) is -3.33. The summed E-state index contributed by atoms with van der Waals surface area (Å²) in [5.74, 6) is -0.995. The SMILES string of the molecule is CCC(=O)[O-].O.O.O. The highest BCUT2D eigenvalue weighted by atomic mass is 16.4. The van der Waals surface area contributed by atoms with Gasteiger partial charge in [0.1, 0.15) is 0 Å². The summed E-state index contributed by atoms with van der Waals surface area (Å²) in [5, 5.41) is 9.26. The van der Waals surface area contributed by atoms with Gasteiger partial charge in [-0.25, -0.2) is 0 Å². The van der Waals surface area contributed by atoms with E-state index in [-0.39, 0.29) is 22.8 Å². The molecule has 0 radical (unpaired) electrons. The molecule has 0 bridgehead atoms. The highest BCUT2D eigenvalue weighted by Crippen LogP contribution is 1.61. The summed E-state index contributed by atoms with van der Waals surface area (Å²) < 4.78 is 0. The topological polar surface area (TPSA) is 135 Å². The lowest BCUT2D eigenvalue weighted by Crippen LogP contribution is -2.19. The maximum atomic E-state index is 9.26. The number of hydrogen-bond donors (Lipinski definition) is 0. The fraction of sp³-hybridized carbons (Fsp3) is 0.667. The molecule has 0 saturated carbocycles. The highest BCUT2D eigenvalue weighted by Gasteiger charge is 1.65. The highest BCUT2D eigenvalue weighted by molar-refractivity contribution is 5.63. The van der Waals surface area contributed by atoms with Crippen LogP contribution in [0.2, 0.25) is 0 Å². The summed E-state index contributed by atoms with van der Waals surface area (Å²) in [4.78, 5) is 9.26. The van der Waals surface area contributed by atoms with Crippen molar-refractivity contribution in [2.45, 2.75) is 13.3 Å². The quantitative estimate of drug-likeness (QED) is 0.364. The normalized spacial score (nSPS) is 4.62. The maximum Gasteiger partial charge on any atom is 0.0411 e. The van der Waals surface area contributed by atoms with Gasteiger partial charge in [-0.15, -0.1) is 0 Å². The van der Waals surface area contributed by atoms with Gasteiger partial charge in [-0.3, -0.25) is 0 Å². The monoisotopic (exact) mass is 127 g/mol. The Morgan fingerprint density at radius 2 is 1.50 bits per heavy atom. The summed E-state index contributed by atoms with van der Waals surface area (Å²) in [6.07, 6.45) is 0.111. The molecule has 5 nitrogen and oxygen atoms in total. The number of carboxylic acid groups (broad SMARTS) is 1. The van der Waals surface area contributed by atoms with Crippen LogP contribution in [0.3, 0.4) is 0 Å². The molecule has 0 aliphatic rings. The van der Waals surface area contributed by atoms with Crippen LogP contribution in [0, 0.1) is 0 Å². The number of carbonyl (C=O) groups excluding carboxylic acids is 1. The molecule has 0 fully saturated rings. The molecule has 0 rings (SSSR count). The summed E-state index contributed by atoms with van der Waals surface area (Å²) in [7, 11) is 0. The Morgan fingerprint density at radius 1 is 1.38 bits per heavy atom. The Kier molecular flexibility index (Phi) is 53.5. The van der Waals surface area contributed by atoms with Crippen LogP contribution in [-0.2, 0) is 4.79 Å². The van der Waals surface area contributed by atoms with E-state index < -0.39 is 5.97 Å². The lowest BCUT2D eigenvalue weighted by molar-refractivity contribution is -0.305. The molecule has 0 heterocycles. The van der Waals surface area contributed by atoms with Crippen LogP contribution in [-0.4, -0.2) is 22.4 Å². The number of hydrogen-bond acceptors (Lipinski definition) is 2. The first-order valence-corrected chi connectivity index (χ1v) is 1.47. The van der Waals surface area contributed by atoms with E-state index in [0.29, 0.717) is 0 Å². The molecule has 0 aromatic heterocycles. The third-order valence-corrected chi connectivity index (χ3v) is 0.289. The van der Waals surface area contributed by atoms with Crippen LogP contribution < -0.4 is 5.11 Å². The van der Waals surface area contributed by atoms with Crippen molar-refractivity contribution in [3.05, 3.63) is 0 Å². The largest absolute Gasteiger partial charge is 0.550 e. The molecule has 0 aliphatic heterocycles. The van der Waals surface area contributed by atoms with E-state index in [1.807, 2.05) is 0 Å². The zero-order valence-corrected chi connectivity index (χ0v) is 4.52. The second-order valence-corrected chi connectivity index (χ2v) is 0.726. The Morgan fingerprint density at radius 3 is 1.50 bits per heavy atom. The van der Waals surface area contributed by atoms with Crippen LogP contribution in [0.25, 0.3) is 0 Å². The van der Waals surface area contributed by atoms with Crippen LogP contribution in [0.5, 0.6) is 0 Å². The lowest BCUT2D eigenvalue weighted by Gasteiger charge is -1.87. The van der Waals surface area contributed by atoms with Crippen molar-refractivity contribution in [3.63, 3.8) is 0 Å². The fourth-order valence-corrected chi connectivity index (χ4v) is 0. The summed E-state index contributed by atoms with van der Waals surface area (Å²) >= 11 is 0. The predicted molar refractivity (Wildman–Crippen MR) is 26.1 cm³/mol. The minimum atomic E-state index is -0.995. The van der Waals surface area contributed by atoms with Gasteiger partial charge in [-0.05, 0) is 6.42 Å². The van der Waals surface area contributed by atoms with Gasteiger partial charge in [0.15, 0.2) is 0 Å². The average Bonchev–Trinajstić information content (AvgIpc) is 1.38. The third kappa shape index (κ3) is 55.5. The van der Waals surface area contributed by atoms with Crippen LogP contribution in [0.1, 0.15) is 13.3 Å². The van der Waals surface area contributed by atoms with Gasteiger partial charge < -0.3 is 26.3 Å². The fourth-order valence-electron chi connectivity index (χ4n) is 0.